The predicted octanol–water partition coefficient (Wildman–Crippen LogP) is 0.373. The molecule has 2 unspecified atom stereocenters. The van der Waals surface area contributed by atoms with E-state index in [2.05, 4.69) is 41.6 Å². The lowest BCUT2D eigenvalue weighted by molar-refractivity contribution is -0.199. The zero-order valence-corrected chi connectivity index (χ0v) is 20.1. The molecule has 0 radical (unpaired) electrons. The Morgan fingerprint density at radius 1 is 1.26 bits per heavy atom. The zero-order chi connectivity index (χ0) is 24.8. The molecule has 2 aromatic rings. The monoisotopic (exact) mass is 509 g/mol. The van der Waals surface area contributed by atoms with E-state index in [9.17, 15) is 4.57 Å². The van der Waals surface area contributed by atoms with Crippen LogP contribution in [0.25, 0.3) is 11.2 Å². The lowest BCUT2D eigenvalue weighted by Crippen LogP contribution is -2.32. The van der Waals surface area contributed by atoms with Crippen LogP contribution in [-0.2, 0) is 23.3 Å². The van der Waals surface area contributed by atoms with E-state index in [0.717, 1.165) is 12.8 Å². The summed E-state index contributed by atoms with van der Waals surface area (Å²) in [7, 11) is -4.68. The summed E-state index contributed by atoms with van der Waals surface area (Å²) in [6.45, 7) is 3.79. The van der Waals surface area contributed by atoms with Gasteiger partial charge in [0.15, 0.2) is 29.0 Å². The molecule has 14 nitrogen and oxygen atoms in total. The molecule has 0 aliphatic carbocycles. The third kappa shape index (κ3) is 5.19. The molecule has 3 saturated heterocycles. The average Bonchev–Trinajstić information content (AvgIpc) is 3.12. The molecule has 0 saturated carbocycles. The molecular weight excluding hydrogens is 481 g/mol. The Balaban J connectivity index is 1.33. The van der Waals surface area contributed by atoms with Crippen LogP contribution in [0.1, 0.15) is 39.3 Å². The van der Waals surface area contributed by atoms with Crippen molar-refractivity contribution >= 4 is 24.8 Å². The van der Waals surface area contributed by atoms with Gasteiger partial charge in [-0.05, 0) is 26.7 Å². The van der Waals surface area contributed by atoms with Gasteiger partial charge in [-0.1, -0.05) is 0 Å². The second-order valence-corrected chi connectivity index (χ2v) is 10.4. The Bertz CT molecular complexity index is 1170. The van der Waals surface area contributed by atoms with Crippen LogP contribution in [0.3, 0.4) is 0 Å². The number of rotatable bonds is 10. The van der Waals surface area contributed by atoms with Crippen molar-refractivity contribution in [1.29, 1.82) is 0 Å². The van der Waals surface area contributed by atoms with Crippen molar-refractivity contribution in [2.45, 2.75) is 69.1 Å². The van der Waals surface area contributed by atoms with Crippen LogP contribution in [0.4, 0.5) is 5.82 Å². The lowest BCUT2D eigenvalue weighted by atomic mass is 10.1. The first kappa shape index (κ1) is 24.5. The summed E-state index contributed by atoms with van der Waals surface area (Å²) in [5, 5.41) is 3.31. The Morgan fingerprint density at radius 3 is 2.74 bits per heavy atom. The quantitative estimate of drug-likeness (QED) is 0.168. The molecule has 0 spiro atoms. The van der Waals surface area contributed by atoms with Gasteiger partial charge in [-0.2, -0.15) is 0 Å². The minimum absolute atomic E-state index is 0.158. The highest BCUT2D eigenvalue weighted by atomic mass is 31.2. The van der Waals surface area contributed by atoms with Crippen molar-refractivity contribution in [3.8, 4) is 12.3 Å². The van der Waals surface area contributed by atoms with Gasteiger partial charge >= 0.3 is 7.82 Å². The third-order valence-electron chi connectivity index (χ3n) is 6.18. The van der Waals surface area contributed by atoms with Gasteiger partial charge in [-0.15, -0.1) is 12.3 Å². The fourth-order valence-electron chi connectivity index (χ4n) is 4.50. The van der Waals surface area contributed by atoms with Crippen molar-refractivity contribution in [1.82, 2.24) is 30.4 Å². The molecule has 5 rings (SSSR count). The number of phosphoric ester groups is 1. The van der Waals surface area contributed by atoms with E-state index in [1.165, 1.54) is 6.33 Å². The van der Waals surface area contributed by atoms with Crippen molar-refractivity contribution in [3.05, 3.63) is 12.7 Å². The number of nitrogens with zero attached hydrogens (tertiary/aromatic N) is 4. The second kappa shape index (κ2) is 9.04. The fraction of sp³-hybridized carbons (Fsp3) is 0.650. The topological polar surface area (TPSA) is 194 Å². The van der Waals surface area contributed by atoms with E-state index < -0.39 is 38.1 Å². The number of ether oxygens (including phenoxy) is 3. The Labute approximate surface area is 201 Å². The molecule has 3 aliphatic rings. The van der Waals surface area contributed by atoms with Crippen LogP contribution >= 0.6 is 7.82 Å². The van der Waals surface area contributed by atoms with Crippen molar-refractivity contribution in [3.63, 3.8) is 0 Å². The molecule has 190 valence electrons. The minimum Gasteiger partial charge on any atom is -0.368 e. The van der Waals surface area contributed by atoms with Crippen LogP contribution in [0.15, 0.2) is 12.7 Å². The van der Waals surface area contributed by atoms with Crippen molar-refractivity contribution in [2.75, 3.05) is 18.5 Å². The number of imidazole rings is 1. The van der Waals surface area contributed by atoms with E-state index in [1.807, 2.05) is 0 Å². The fourth-order valence-corrected chi connectivity index (χ4v) is 4.84. The number of phosphoric acid groups is 1. The first-order valence-electron chi connectivity index (χ1n) is 11.2. The SMILES string of the molecule is C#CCCC1(CCNc2ncnc3c2ncn3[C@H]2O[C@@H](COP(=O)(O)O)C3OC(C)(C)OC32)NN1. The summed E-state index contributed by atoms with van der Waals surface area (Å²) >= 11 is 0. The normalized spacial score (nSPS) is 28.7. The van der Waals surface area contributed by atoms with E-state index in [4.69, 9.17) is 30.4 Å². The minimum atomic E-state index is -4.68. The number of nitrogens with one attached hydrogen (secondary N) is 3. The molecule has 3 fully saturated rings. The highest BCUT2D eigenvalue weighted by Gasteiger charge is 2.56. The van der Waals surface area contributed by atoms with E-state index in [-0.39, 0.29) is 12.3 Å². The molecule has 5 N–H and O–H groups in total. The molecular formula is C20H28N7O7P. The lowest BCUT2D eigenvalue weighted by Gasteiger charge is -2.24. The van der Waals surface area contributed by atoms with Crippen molar-refractivity contribution in [2.24, 2.45) is 0 Å². The van der Waals surface area contributed by atoms with Gasteiger partial charge in [0.1, 0.15) is 24.6 Å². The molecule has 0 bridgehead atoms. The Morgan fingerprint density at radius 2 is 2.03 bits per heavy atom. The van der Waals surface area contributed by atoms with Crippen LogP contribution in [0, 0.1) is 12.3 Å². The second-order valence-electron chi connectivity index (χ2n) is 9.18. The summed E-state index contributed by atoms with van der Waals surface area (Å²) < 4.78 is 35.7. The number of fused-ring (bicyclic) bond motifs is 2. The Kier molecular flexibility index (Phi) is 6.33. The van der Waals surface area contributed by atoms with Gasteiger partial charge in [0.25, 0.3) is 0 Å². The number of aromatic nitrogens is 4. The number of terminal acetylenes is 1. The highest BCUT2D eigenvalue weighted by Crippen LogP contribution is 2.45. The van der Waals surface area contributed by atoms with Gasteiger partial charge in [-0.25, -0.2) is 30.4 Å². The van der Waals surface area contributed by atoms with Crippen LogP contribution in [-0.4, -0.2) is 72.2 Å². The summed E-state index contributed by atoms with van der Waals surface area (Å²) in [4.78, 5) is 31.4. The zero-order valence-electron chi connectivity index (χ0n) is 19.2. The summed E-state index contributed by atoms with van der Waals surface area (Å²) in [5.41, 5.74) is 7.23. The van der Waals surface area contributed by atoms with E-state index in [0.29, 0.717) is 29.9 Å². The molecule has 5 heterocycles. The van der Waals surface area contributed by atoms with Gasteiger partial charge in [0.05, 0.1) is 18.6 Å². The van der Waals surface area contributed by atoms with Crippen LogP contribution in [0.2, 0.25) is 0 Å². The summed E-state index contributed by atoms with van der Waals surface area (Å²) in [6, 6.07) is 0. The van der Waals surface area contributed by atoms with Gasteiger partial charge in [0, 0.05) is 13.0 Å². The number of hydrogen-bond donors (Lipinski definition) is 5. The third-order valence-corrected chi connectivity index (χ3v) is 6.67. The summed E-state index contributed by atoms with van der Waals surface area (Å²) in [6.07, 6.45) is 8.03. The number of hydrazine groups is 1. The maximum absolute atomic E-state index is 11.2. The molecule has 0 aromatic carbocycles. The average molecular weight is 509 g/mol. The van der Waals surface area contributed by atoms with Crippen molar-refractivity contribution < 1.29 is 33.1 Å². The Hall–Kier alpha value is -2.18. The summed E-state index contributed by atoms with van der Waals surface area (Å²) in [5.74, 6) is 2.32. The standard InChI is InChI=1S/C20H28N7O7P/c1-4-5-6-20(25-26-20)7-8-21-16-13-17(23-10-22-16)27(11-24-13)18-15-14(33-19(2,3)34-15)12(32-18)9-31-35(28,29)30/h1,10-12,14-15,18,25-26H,5-9H2,2-3H3,(H,21,22,23)(H2,28,29,30)/t12-,14?,15?,18-/m0/s1. The van der Waals surface area contributed by atoms with E-state index in [1.54, 1.807) is 24.7 Å². The molecule has 15 heteroatoms. The maximum atomic E-state index is 11.2. The predicted molar refractivity (Wildman–Crippen MR) is 121 cm³/mol. The van der Waals surface area contributed by atoms with Crippen LogP contribution in [0.5, 0.6) is 0 Å². The van der Waals surface area contributed by atoms with Gasteiger partial charge in [0.2, 0.25) is 0 Å². The number of hydrogen-bond acceptors (Lipinski definition) is 11. The first-order chi connectivity index (χ1) is 16.6. The van der Waals surface area contributed by atoms with E-state index >= 15 is 0 Å². The molecule has 4 atom stereocenters. The smallest absolute Gasteiger partial charge is 0.368 e. The first-order valence-corrected chi connectivity index (χ1v) is 12.7. The highest BCUT2D eigenvalue weighted by molar-refractivity contribution is 7.46. The number of anilines is 1. The van der Waals surface area contributed by atoms with Gasteiger partial charge in [-0.3, -0.25) is 9.09 Å². The van der Waals surface area contributed by atoms with Gasteiger partial charge < -0.3 is 29.3 Å². The van der Waals surface area contributed by atoms with Crippen LogP contribution < -0.4 is 16.2 Å². The molecule has 2 aromatic heterocycles. The maximum Gasteiger partial charge on any atom is 0.469 e. The molecule has 3 aliphatic heterocycles. The molecule has 0 amide bonds. The largest absolute Gasteiger partial charge is 0.469 e. The molecule has 35 heavy (non-hydrogen) atoms.